The molecule has 33 heavy (non-hydrogen) atoms. The predicted molar refractivity (Wildman–Crippen MR) is 134 cm³/mol. The fraction of sp³-hybridized carbons (Fsp3) is 0.345. The summed E-state index contributed by atoms with van der Waals surface area (Å²) in [6.45, 7) is 6.90. The molecule has 0 aliphatic rings. The predicted octanol–water partition coefficient (Wildman–Crippen LogP) is 6.74. The highest BCUT2D eigenvalue weighted by Gasteiger charge is 2.20. The third-order valence-electron chi connectivity index (χ3n) is 5.62. The van der Waals surface area contributed by atoms with E-state index in [1.165, 1.54) is 0 Å². The highest BCUT2D eigenvalue weighted by atomic mass is 16.5. The van der Waals surface area contributed by atoms with Gasteiger partial charge in [-0.15, -0.1) is 0 Å². The highest BCUT2D eigenvalue weighted by Crippen LogP contribution is 2.25. The van der Waals surface area contributed by atoms with Crippen LogP contribution in [0.5, 0.6) is 11.5 Å². The average molecular weight is 446 g/mol. The van der Waals surface area contributed by atoms with Gasteiger partial charge in [0, 0.05) is 5.56 Å². The zero-order valence-corrected chi connectivity index (χ0v) is 20.1. The SMILES string of the molecule is CCCc1ccc(COc2ccccc2)cc1C(=O)NC(CC(C)C)c1ccc(OC)cc1. The van der Waals surface area contributed by atoms with Gasteiger partial charge in [-0.2, -0.15) is 0 Å². The van der Waals surface area contributed by atoms with Crippen LogP contribution in [0.3, 0.4) is 0 Å². The van der Waals surface area contributed by atoms with Crippen LogP contribution in [0.4, 0.5) is 0 Å². The molecule has 0 aromatic heterocycles. The van der Waals surface area contributed by atoms with Gasteiger partial charge < -0.3 is 14.8 Å². The summed E-state index contributed by atoms with van der Waals surface area (Å²) in [5.41, 5.74) is 3.86. The Morgan fingerprint density at radius 2 is 1.67 bits per heavy atom. The lowest BCUT2D eigenvalue weighted by molar-refractivity contribution is 0.0931. The molecule has 3 rings (SSSR count). The van der Waals surface area contributed by atoms with Gasteiger partial charge in [0.2, 0.25) is 0 Å². The Morgan fingerprint density at radius 3 is 2.30 bits per heavy atom. The van der Waals surface area contributed by atoms with Crippen molar-refractivity contribution in [3.63, 3.8) is 0 Å². The van der Waals surface area contributed by atoms with Crippen LogP contribution in [-0.4, -0.2) is 13.0 Å². The molecule has 0 saturated heterocycles. The fourth-order valence-corrected chi connectivity index (χ4v) is 3.92. The number of ether oxygens (including phenoxy) is 2. The van der Waals surface area contributed by atoms with Gasteiger partial charge in [0.25, 0.3) is 5.91 Å². The van der Waals surface area contributed by atoms with E-state index in [1.807, 2.05) is 60.7 Å². The summed E-state index contributed by atoms with van der Waals surface area (Å²) >= 11 is 0. The Hall–Kier alpha value is -3.27. The first kappa shape index (κ1) is 24.4. The van der Waals surface area contributed by atoms with Gasteiger partial charge in [0.1, 0.15) is 18.1 Å². The van der Waals surface area contributed by atoms with Crippen LogP contribution in [0.25, 0.3) is 0 Å². The molecule has 0 bridgehead atoms. The largest absolute Gasteiger partial charge is 0.497 e. The molecule has 0 radical (unpaired) electrons. The Balaban J connectivity index is 1.81. The van der Waals surface area contributed by atoms with Crippen molar-refractivity contribution in [3.8, 4) is 11.5 Å². The van der Waals surface area contributed by atoms with E-state index in [2.05, 4.69) is 38.2 Å². The number of benzene rings is 3. The van der Waals surface area contributed by atoms with Crippen LogP contribution in [0.15, 0.2) is 72.8 Å². The van der Waals surface area contributed by atoms with E-state index in [1.54, 1.807) is 7.11 Å². The zero-order valence-electron chi connectivity index (χ0n) is 20.1. The van der Waals surface area contributed by atoms with Crippen molar-refractivity contribution in [1.82, 2.24) is 5.32 Å². The molecule has 1 N–H and O–H groups in total. The van der Waals surface area contributed by atoms with Gasteiger partial charge >= 0.3 is 0 Å². The molecular formula is C29H35NO3. The maximum Gasteiger partial charge on any atom is 0.252 e. The van der Waals surface area contributed by atoms with Gasteiger partial charge in [-0.1, -0.05) is 69.7 Å². The lowest BCUT2D eigenvalue weighted by Gasteiger charge is -2.22. The second-order valence-electron chi connectivity index (χ2n) is 8.77. The van der Waals surface area contributed by atoms with E-state index in [-0.39, 0.29) is 11.9 Å². The molecule has 1 atom stereocenters. The van der Waals surface area contributed by atoms with Crippen molar-refractivity contribution < 1.29 is 14.3 Å². The molecule has 0 saturated carbocycles. The molecule has 4 heteroatoms. The summed E-state index contributed by atoms with van der Waals surface area (Å²) in [5.74, 6) is 2.03. The Kier molecular flexibility index (Phi) is 8.94. The van der Waals surface area contributed by atoms with Crippen molar-refractivity contribution in [3.05, 3.63) is 95.1 Å². The van der Waals surface area contributed by atoms with E-state index < -0.39 is 0 Å². The molecule has 3 aromatic rings. The molecule has 1 unspecified atom stereocenters. The lowest BCUT2D eigenvalue weighted by Crippen LogP contribution is -2.30. The second kappa shape index (κ2) is 12.1. The first-order valence-electron chi connectivity index (χ1n) is 11.7. The number of methoxy groups -OCH3 is 1. The number of nitrogens with one attached hydrogen (secondary N) is 1. The smallest absolute Gasteiger partial charge is 0.252 e. The number of para-hydroxylation sites is 1. The first-order chi connectivity index (χ1) is 16.0. The molecule has 0 aliphatic carbocycles. The van der Waals surface area contributed by atoms with Crippen LogP contribution in [0.2, 0.25) is 0 Å². The number of hydrogen-bond acceptors (Lipinski definition) is 3. The molecule has 0 spiro atoms. The van der Waals surface area contributed by atoms with Gasteiger partial charge in [-0.25, -0.2) is 0 Å². The van der Waals surface area contributed by atoms with Crippen molar-refractivity contribution in [1.29, 1.82) is 0 Å². The van der Waals surface area contributed by atoms with Gasteiger partial charge in [-0.05, 0) is 65.8 Å². The molecule has 1 amide bonds. The molecule has 0 aliphatic heterocycles. The number of amides is 1. The van der Waals surface area contributed by atoms with Gasteiger partial charge in [-0.3, -0.25) is 4.79 Å². The maximum absolute atomic E-state index is 13.5. The zero-order chi connectivity index (χ0) is 23.6. The van der Waals surface area contributed by atoms with Crippen LogP contribution in [-0.2, 0) is 13.0 Å². The summed E-state index contributed by atoms with van der Waals surface area (Å²) in [4.78, 5) is 13.5. The average Bonchev–Trinajstić information content (AvgIpc) is 2.83. The van der Waals surface area contributed by atoms with E-state index >= 15 is 0 Å². The van der Waals surface area contributed by atoms with Crippen molar-refractivity contribution in [2.45, 2.75) is 52.7 Å². The van der Waals surface area contributed by atoms with E-state index in [4.69, 9.17) is 9.47 Å². The van der Waals surface area contributed by atoms with Gasteiger partial charge in [0.15, 0.2) is 0 Å². The standard InChI is InChI=1S/C29H35NO3/c1-5-9-23-13-12-22(20-33-26-10-7-6-8-11-26)19-27(23)29(31)30-28(18-21(2)3)24-14-16-25(32-4)17-15-24/h6-8,10-17,19,21,28H,5,9,18,20H2,1-4H3,(H,30,31). The van der Waals surface area contributed by atoms with Gasteiger partial charge in [0.05, 0.1) is 13.2 Å². The summed E-state index contributed by atoms with van der Waals surface area (Å²) < 4.78 is 11.2. The second-order valence-corrected chi connectivity index (χ2v) is 8.77. The number of rotatable bonds is 11. The highest BCUT2D eigenvalue weighted by molar-refractivity contribution is 5.96. The maximum atomic E-state index is 13.5. The van der Waals surface area contributed by atoms with Crippen LogP contribution in [0.1, 0.15) is 66.7 Å². The summed E-state index contributed by atoms with van der Waals surface area (Å²) in [7, 11) is 1.66. The van der Waals surface area contributed by atoms with Crippen molar-refractivity contribution >= 4 is 5.91 Å². The normalized spacial score (nSPS) is 11.8. The minimum atomic E-state index is -0.0675. The minimum Gasteiger partial charge on any atom is -0.497 e. The van der Waals surface area contributed by atoms with Crippen molar-refractivity contribution in [2.24, 2.45) is 5.92 Å². The van der Waals surface area contributed by atoms with E-state index in [0.717, 1.165) is 53.0 Å². The number of carbonyl (C=O) groups is 1. The third kappa shape index (κ3) is 7.11. The third-order valence-corrected chi connectivity index (χ3v) is 5.62. The minimum absolute atomic E-state index is 0.0403. The van der Waals surface area contributed by atoms with Crippen LogP contribution < -0.4 is 14.8 Å². The van der Waals surface area contributed by atoms with E-state index in [9.17, 15) is 4.79 Å². The molecule has 4 nitrogen and oxygen atoms in total. The molecule has 174 valence electrons. The number of aryl methyl sites for hydroxylation is 1. The molecule has 0 heterocycles. The molecule has 0 fully saturated rings. The number of hydrogen-bond donors (Lipinski definition) is 1. The van der Waals surface area contributed by atoms with E-state index in [0.29, 0.717) is 12.5 Å². The Labute approximate surface area is 197 Å². The summed E-state index contributed by atoms with van der Waals surface area (Å²) in [6.07, 6.45) is 2.70. The molecule has 3 aromatic carbocycles. The monoisotopic (exact) mass is 445 g/mol. The quantitative estimate of drug-likeness (QED) is 0.355. The summed E-state index contributed by atoms with van der Waals surface area (Å²) in [5, 5.41) is 3.30. The molecular weight excluding hydrogens is 410 g/mol. The lowest BCUT2D eigenvalue weighted by atomic mass is 9.95. The fourth-order valence-electron chi connectivity index (χ4n) is 3.92. The number of carbonyl (C=O) groups excluding carboxylic acids is 1. The topological polar surface area (TPSA) is 47.6 Å². The first-order valence-corrected chi connectivity index (χ1v) is 11.7. The van der Waals surface area contributed by atoms with Crippen LogP contribution >= 0.6 is 0 Å². The van der Waals surface area contributed by atoms with Crippen molar-refractivity contribution in [2.75, 3.05) is 7.11 Å². The Morgan fingerprint density at radius 1 is 0.939 bits per heavy atom. The van der Waals surface area contributed by atoms with Crippen LogP contribution in [0, 0.1) is 5.92 Å². The Bertz CT molecular complexity index is 1010. The summed E-state index contributed by atoms with van der Waals surface area (Å²) in [6, 6.07) is 23.7.